The van der Waals surface area contributed by atoms with Crippen LogP contribution in [-0.2, 0) is 30.9 Å². The normalized spacial score (nSPS) is 15.9. The Balaban J connectivity index is 1.14. The van der Waals surface area contributed by atoms with Crippen molar-refractivity contribution in [2.24, 2.45) is 0 Å². The Kier molecular flexibility index (Phi) is 12.6. The average molecular weight is 886 g/mol. The number of hydrogen-bond donors (Lipinski definition) is 2. The van der Waals surface area contributed by atoms with Crippen molar-refractivity contribution in [3.63, 3.8) is 0 Å². The van der Waals surface area contributed by atoms with Gasteiger partial charge >= 0.3 is 5.97 Å². The van der Waals surface area contributed by atoms with E-state index in [1.165, 1.54) is 29.8 Å². The van der Waals surface area contributed by atoms with Crippen LogP contribution in [0.4, 0.5) is 4.39 Å². The van der Waals surface area contributed by atoms with E-state index in [4.69, 9.17) is 30.8 Å². The van der Waals surface area contributed by atoms with Crippen molar-refractivity contribution in [3.8, 4) is 50.2 Å². The summed E-state index contributed by atoms with van der Waals surface area (Å²) >= 11 is 8.75. The van der Waals surface area contributed by atoms with Crippen molar-refractivity contribution >= 4 is 39.1 Å². The van der Waals surface area contributed by atoms with Crippen LogP contribution in [0.15, 0.2) is 97.5 Å². The number of nitrogens with one attached hydrogen (secondary N) is 1. The number of para-hydroxylation sites is 1. The highest BCUT2D eigenvalue weighted by Gasteiger charge is 2.29. The first kappa shape index (κ1) is 42.3. The van der Waals surface area contributed by atoms with Crippen LogP contribution in [0.3, 0.4) is 0 Å². The number of rotatable bonds is 10. The lowest BCUT2D eigenvalue weighted by Gasteiger charge is -2.31. The maximum atomic E-state index is 14.3. The summed E-state index contributed by atoms with van der Waals surface area (Å²) in [6.45, 7) is 8.63. The number of hydrogen-bond acceptors (Lipinski definition) is 12. The molecule has 2 N–H and O–H groups in total. The third-order valence-corrected chi connectivity index (χ3v) is 13.2. The molecule has 0 spiro atoms. The van der Waals surface area contributed by atoms with E-state index in [9.17, 15) is 14.3 Å². The molecule has 3 aromatic heterocycles. The Morgan fingerprint density at radius 2 is 1.75 bits per heavy atom. The number of methoxy groups -OCH3 is 1. The summed E-state index contributed by atoms with van der Waals surface area (Å²) in [5.41, 5.74) is 7.24. The van der Waals surface area contributed by atoms with E-state index in [0.29, 0.717) is 56.9 Å². The van der Waals surface area contributed by atoms with Crippen LogP contribution in [0.5, 0.6) is 17.4 Å². The van der Waals surface area contributed by atoms with Crippen LogP contribution < -0.4 is 19.5 Å². The molecule has 1 atom stereocenters. The number of nitrogens with zero attached hydrogens (tertiary/aromatic N) is 6. The van der Waals surface area contributed by atoms with Crippen molar-refractivity contribution in [3.05, 3.63) is 136 Å². The highest BCUT2D eigenvalue weighted by atomic mass is 35.5. The molecule has 3 aliphatic rings. The van der Waals surface area contributed by atoms with Gasteiger partial charge in [-0.1, -0.05) is 60.1 Å². The van der Waals surface area contributed by atoms with Gasteiger partial charge in [-0.2, -0.15) is 0 Å². The monoisotopic (exact) mass is 885 g/mol. The molecule has 0 aliphatic carbocycles. The van der Waals surface area contributed by atoms with Gasteiger partial charge in [-0.3, -0.25) is 9.80 Å². The summed E-state index contributed by atoms with van der Waals surface area (Å²) in [4.78, 5) is 37.9. The fourth-order valence-corrected chi connectivity index (χ4v) is 9.66. The molecule has 63 heavy (non-hydrogen) atoms. The molecule has 0 radical (unpaired) electrons. The molecule has 0 amide bonds. The van der Waals surface area contributed by atoms with Gasteiger partial charge in [0.1, 0.15) is 35.1 Å². The van der Waals surface area contributed by atoms with Crippen LogP contribution in [-0.4, -0.2) is 93.3 Å². The second-order valence-electron chi connectivity index (χ2n) is 15.6. The number of aliphatic carboxylic acids is 1. The van der Waals surface area contributed by atoms with Crippen LogP contribution in [0, 0.1) is 12.7 Å². The minimum Gasteiger partial charge on any atom is -0.496 e. The van der Waals surface area contributed by atoms with Crippen molar-refractivity contribution < 1.29 is 28.5 Å². The quantitative estimate of drug-likeness (QED) is 0.137. The van der Waals surface area contributed by atoms with Gasteiger partial charge in [-0.15, -0.1) is 11.3 Å². The van der Waals surface area contributed by atoms with E-state index in [-0.39, 0.29) is 24.7 Å². The number of ether oxygens (including phenoxy) is 3. The van der Waals surface area contributed by atoms with Crippen molar-refractivity contribution in [1.82, 2.24) is 35.1 Å². The first-order valence-corrected chi connectivity index (χ1v) is 22.0. The molecule has 12 nitrogen and oxygen atoms in total. The summed E-state index contributed by atoms with van der Waals surface area (Å²) in [6.07, 6.45) is 1.63. The number of carboxylic acids is 1. The smallest absolute Gasteiger partial charge is 0.345 e. The molecule has 322 valence electrons. The third kappa shape index (κ3) is 9.22. The molecule has 0 saturated carbocycles. The molecule has 3 aliphatic heterocycles. The lowest BCUT2D eigenvalue weighted by atomic mass is 9.94. The number of carboxylic acid groups (broad SMARTS) is 1. The van der Waals surface area contributed by atoms with Crippen LogP contribution in [0.2, 0.25) is 5.02 Å². The van der Waals surface area contributed by atoms with Crippen LogP contribution in [0.25, 0.3) is 43.0 Å². The zero-order valence-electron chi connectivity index (χ0n) is 34.8. The molecule has 4 bridgehead atoms. The molecular formula is C48H45ClFN7O5S. The van der Waals surface area contributed by atoms with E-state index in [0.717, 1.165) is 83.1 Å². The SMILES string of the molecule is COc1ccccc1-c1ccnc(COc2ccc3cc2C[C@H](C(=O)O)Oc2ncnc4sc(-c5ccc(F)cc5)c(c24)-c2ccc(c(Cl)c2C)CN(CCN2CCNCC2)C3)n1. The van der Waals surface area contributed by atoms with Gasteiger partial charge in [-0.05, 0) is 76.7 Å². The number of thiophene rings is 1. The highest BCUT2D eigenvalue weighted by molar-refractivity contribution is 7.22. The van der Waals surface area contributed by atoms with Crippen molar-refractivity contribution in [1.29, 1.82) is 0 Å². The lowest BCUT2D eigenvalue weighted by molar-refractivity contribution is -0.145. The molecule has 1 saturated heterocycles. The Hall–Kier alpha value is -6.03. The molecule has 15 heteroatoms. The fourth-order valence-electron chi connectivity index (χ4n) is 8.29. The first-order chi connectivity index (χ1) is 30.7. The largest absolute Gasteiger partial charge is 0.496 e. The molecule has 0 unspecified atom stereocenters. The van der Waals surface area contributed by atoms with Gasteiger partial charge in [0.05, 0.1) is 18.2 Å². The Morgan fingerprint density at radius 1 is 0.937 bits per heavy atom. The number of benzene rings is 4. The summed E-state index contributed by atoms with van der Waals surface area (Å²) in [6, 6.07) is 25.7. The predicted molar refractivity (Wildman–Crippen MR) is 242 cm³/mol. The zero-order valence-corrected chi connectivity index (χ0v) is 36.4. The molecule has 10 rings (SSSR count). The van der Waals surface area contributed by atoms with Crippen molar-refractivity contribution in [2.75, 3.05) is 46.4 Å². The second-order valence-corrected chi connectivity index (χ2v) is 17.0. The van der Waals surface area contributed by atoms with Crippen LogP contribution >= 0.6 is 22.9 Å². The maximum absolute atomic E-state index is 14.3. The standard InChI is InChI=1S/C48H45ClFN7O5S/c1-29-35-13-10-32(44(29)49)26-57(22-21-56-19-17-51-18-20-56)25-30-7-14-38(61-27-41-52-16-15-37(55-41)36-5-3-4-6-39(36)60-2)33(23-30)24-40(48(58)59)62-46-43-42(35)45(63-47(43)54-28-53-46)31-8-11-34(50)12-9-31/h3-16,23,28,40,51H,17-22,24-27H2,1-2H3,(H,58,59)/t40-/m1/s1. The average Bonchev–Trinajstić information content (AvgIpc) is 3.69. The van der Waals surface area contributed by atoms with E-state index >= 15 is 0 Å². The molecule has 6 heterocycles. The second kappa shape index (κ2) is 18.8. The topological polar surface area (TPSA) is 135 Å². The van der Waals surface area contributed by atoms with Gasteiger partial charge in [0.25, 0.3) is 0 Å². The van der Waals surface area contributed by atoms with Crippen LogP contribution in [0.1, 0.15) is 28.1 Å². The first-order valence-electron chi connectivity index (χ1n) is 20.8. The van der Waals surface area contributed by atoms with E-state index in [1.807, 2.05) is 55.5 Å². The summed E-state index contributed by atoms with van der Waals surface area (Å²) < 4.78 is 32.8. The fraction of sp³-hybridized carbons (Fsp3) is 0.271. The summed E-state index contributed by atoms with van der Waals surface area (Å²) in [5.74, 6) is 0.176. The van der Waals surface area contributed by atoms with Gasteiger partial charge in [0.2, 0.25) is 12.0 Å². The van der Waals surface area contributed by atoms with E-state index < -0.39 is 12.1 Å². The van der Waals surface area contributed by atoms with E-state index in [1.54, 1.807) is 25.4 Å². The number of aromatic nitrogens is 4. The maximum Gasteiger partial charge on any atom is 0.345 e. The highest BCUT2D eigenvalue weighted by Crippen LogP contribution is 2.49. The van der Waals surface area contributed by atoms with Gasteiger partial charge in [-0.25, -0.2) is 29.1 Å². The Labute approximate surface area is 373 Å². The predicted octanol–water partition coefficient (Wildman–Crippen LogP) is 8.47. The minimum atomic E-state index is -1.38. The number of fused-ring (bicyclic) bond motifs is 6. The molecule has 7 aromatic rings. The molecule has 4 aromatic carbocycles. The zero-order chi connectivity index (χ0) is 43.5. The Bertz CT molecular complexity index is 2780. The van der Waals surface area contributed by atoms with E-state index in [2.05, 4.69) is 42.2 Å². The molecular weight excluding hydrogens is 841 g/mol. The van der Waals surface area contributed by atoms with Crippen molar-refractivity contribution in [2.45, 2.75) is 39.1 Å². The number of halogens is 2. The minimum absolute atomic E-state index is 0.0230. The summed E-state index contributed by atoms with van der Waals surface area (Å²) in [5, 5.41) is 15.4. The summed E-state index contributed by atoms with van der Waals surface area (Å²) in [7, 11) is 1.62. The van der Waals surface area contributed by atoms with Gasteiger partial charge in [0, 0.05) is 86.0 Å². The molecule has 1 fully saturated rings. The lowest BCUT2D eigenvalue weighted by Crippen LogP contribution is -2.46. The van der Waals surface area contributed by atoms with Gasteiger partial charge < -0.3 is 24.6 Å². The number of carbonyl (C=O) groups is 1. The van der Waals surface area contributed by atoms with Gasteiger partial charge in [0.15, 0.2) is 5.82 Å². The number of piperazine rings is 1. The third-order valence-electron chi connectivity index (χ3n) is 11.5. The Morgan fingerprint density at radius 3 is 2.56 bits per heavy atom.